The first-order valence-corrected chi connectivity index (χ1v) is 10.1. The summed E-state index contributed by atoms with van der Waals surface area (Å²) in [7, 11) is 0. The van der Waals surface area contributed by atoms with Crippen molar-refractivity contribution in [2.24, 2.45) is 5.92 Å². The third-order valence-corrected chi connectivity index (χ3v) is 6.04. The number of aryl methyl sites for hydroxylation is 1. The SMILES string of the molecule is O=C(c1cscn1)N1CC[C@@H]2[C@@H](CCC(=O)N2CCCn2ccnc2)C1. The third kappa shape index (κ3) is 3.51. The minimum atomic E-state index is 0.0215. The van der Waals surface area contributed by atoms with Gasteiger partial charge in [0.2, 0.25) is 5.91 Å². The van der Waals surface area contributed by atoms with Crippen molar-refractivity contribution in [3.63, 3.8) is 0 Å². The largest absolute Gasteiger partial charge is 0.339 e. The van der Waals surface area contributed by atoms with Crippen LogP contribution in [0.4, 0.5) is 0 Å². The van der Waals surface area contributed by atoms with E-state index >= 15 is 0 Å². The number of nitrogens with zero attached hydrogens (tertiary/aromatic N) is 5. The zero-order valence-corrected chi connectivity index (χ0v) is 15.5. The highest BCUT2D eigenvalue weighted by molar-refractivity contribution is 7.07. The molecule has 0 aliphatic carbocycles. The number of thiazole rings is 1. The molecule has 0 bridgehead atoms. The van der Waals surface area contributed by atoms with Crippen LogP contribution in [-0.4, -0.2) is 61.8 Å². The van der Waals surface area contributed by atoms with Gasteiger partial charge < -0.3 is 14.4 Å². The third-order valence-electron chi connectivity index (χ3n) is 5.46. The summed E-state index contributed by atoms with van der Waals surface area (Å²) < 4.78 is 2.04. The summed E-state index contributed by atoms with van der Waals surface area (Å²) in [5, 5.41) is 1.81. The van der Waals surface area contributed by atoms with E-state index in [4.69, 9.17) is 0 Å². The monoisotopic (exact) mass is 373 g/mol. The number of hydrogen-bond donors (Lipinski definition) is 0. The number of imidazole rings is 1. The Morgan fingerprint density at radius 2 is 2.23 bits per heavy atom. The van der Waals surface area contributed by atoms with E-state index in [9.17, 15) is 9.59 Å². The smallest absolute Gasteiger partial charge is 0.273 e. The van der Waals surface area contributed by atoms with Crippen LogP contribution in [0.15, 0.2) is 29.6 Å². The van der Waals surface area contributed by atoms with Crippen LogP contribution in [0.25, 0.3) is 0 Å². The van der Waals surface area contributed by atoms with E-state index in [-0.39, 0.29) is 17.9 Å². The molecule has 4 heterocycles. The lowest BCUT2D eigenvalue weighted by Gasteiger charge is -2.47. The predicted octanol–water partition coefficient (Wildman–Crippen LogP) is 1.88. The van der Waals surface area contributed by atoms with Crippen LogP contribution in [0.1, 0.15) is 36.2 Å². The molecule has 8 heteroatoms. The first-order chi connectivity index (χ1) is 12.7. The van der Waals surface area contributed by atoms with Gasteiger partial charge in [0, 0.05) is 56.4 Å². The van der Waals surface area contributed by atoms with Crippen molar-refractivity contribution >= 4 is 23.2 Å². The molecular weight excluding hydrogens is 350 g/mol. The molecule has 0 spiro atoms. The molecule has 2 amide bonds. The average Bonchev–Trinajstić information content (AvgIpc) is 3.36. The van der Waals surface area contributed by atoms with Gasteiger partial charge in [0.05, 0.1) is 11.8 Å². The lowest BCUT2D eigenvalue weighted by Crippen LogP contribution is -2.57. The van der Waals surface area contributed by atoms with Crippen molar-refractivity contribution in [1.82, 2.24) is 24.3 Å². The predicted molar refractivity (Wildman–Crippen MR) is 97.7 cm³/mol. The Bertz CT molecular complexity index is 746. The molecular formula is C18H23N5O2S. The average molecular weight is 373 g/mol. The summed E-state index contributed by atoms with van der Waals surface area (Å²) >= 11 is 1.45. The molecule has 0 N–H and O–H groups in total. The van der Waals surface area contributed by atoms with Crippen molar-refractivity contribution < 1.29 is 9.59 Å². The van der Waals surface area contributed by atoms with Gasteiger partial charge >= 0.3 is 0 Å². The molecule has 138 valence electrons. The highest BCUT2D eigenvalue weighted by Gasteiger charge is 2.40. The van der Waals surface area contributed by atoms with Crippen LogP contribution in [0, 0.1) is 5.92 Å². The molecule has 0 aromatic carbocycles. The van der Waals surface area contributed by atoms with Gasteiger partial charge in [0.25, 0.3) is 5.91 Å². The van der Waals surface area contributed by atoms with Crippen LogP contribution in [0.5, 0.6) is 0 Å². The normalized spacial score (nSPS) is 23.2. The number of hydrogen-bond acceptors (Lipinski definition) is 5. The summed E-state index contributed by atoms with van der Waals surface area (Å²) in [6.45, 7) is 3.07. The topological polar surface area (TPSA) is 71.3 Å². The van der Waals surface area contributed by atoms with Gasteiger partial charge in [-0.3, -0.25) is 9.59 Å². The summed E-state index contributed by atoms with van der Waals surface area (Å²) in [4.78, 5) is 37.2. The Kier molecular flexibility index (Phi) is 5.01. The highest BCUT2D eigenvalue weighted by Crippen LogP contribution is 2.32. The van der Waals surface area contributed by atoms with Gasteiger partial charge in [0.1, 0.15) is 5.69 Å². The molecule has 2 aromatic heterocycles. The molecule has 0 radical (unpaired) electrons. The standard InChI is InChI=1S/C18H23N5O2S/c24-17-3-2-14-10-22(18(25)15-11-26-13-20-15)8-4-16(14)23(17)7-1-6-21-9-5-19-12-21/h5,9,11-14,16H,1-4,6-8,10H2/t14-,16+/m0/s1. The first kappa shape index (κ1) is 17.2. The molecule has 2 atom stereocenters. The second kappa shape index (κ2) is 7.57. The van der Waals surface area contributed by atoms with E-state index in [2.05, 4.69) is 14.9 Å². The van der Waals surface area contributed by atoms with Gasteiger partial charge in [-0.25, -0.2) is 9.97 Å². The number of fused-ring (bicyclic) bond motifs is 1. The Labute approximate surface area is 156 Å². The number of likely N-dealkylation sites (tertiary alicyclic amines) is 2. The first-order valence-electron chi connectivity index (χ1n) is 9.15. The van der Waals surface area contributed by atoms with E-state index in [0.717, 1.165) is 38.9 Å². The molecule has 2 aromatic rings. The second-order valence-electron chi connectivity index (χ2n) is 7.02. The quantitative estimate of drug-likeness (QED) is 0.802. The Hall–Kier alpha value is -2.22. The van der Waals surface area contributed by atoms with Gasteiger partial charge in [-0.15, -0.1) is 11.3 Å². The van der Waals surface area contributed by atoms with E-state index in [1.165, 1.54) is 11.3 Å². The van der Waals surface area contributed by atoms with Crippen LogP contribution >= 0.6 is 11.3 Å². The zero-order chi connectivity index (χ0) is 17.9. The van der Waals surface area contributed by atoms with Crippen LogP contribution in [0.3, 0.4) is 0 Å². The summed E-state index contributed by atoms with van der Waals surface area (Å²) in [6, 6.07) is 0.263. The number of amides is 2. The number of carbonyl (C=O) groups is 2. The molecule has 0 saturated carbocycles. The van der Waals surface area contributed by atoms with Crippen molar-refractivity contribution in [3.05, 3.63) is 35.3 Å². The zero-order valence-electron chi connectivity index (χ0n) is 14.7. The van der Waals surface area contributed by atoms with Crippen molar-refractivity contribution in [3.8, 4) is 0 Å². The number of aromatic nitrogens is 3. The maximum atomic E-state index is 12.6. The molecule has 7 nitrogen and oxygen atoms in total. The van der Waals surface area contributed by atoms with E-state index in [0.29, 0.717) is 24.6 Å². The minimum Gasteiger partial charge on any atom is -0.339 e. The van der Waals surface area contributed by atoms with Crippen molar-refractivity contribution in [2.45, 2.75) is 38.3 Å². The van der Waals surface area contributed by atoms with E-state index < -0.39 is 0 Å². The lowest BCUT2D eigenvalue weighted by molar-refractivity contribution is -0.140. The fourth-order valence-electron chi connectivity index (χ4n) is 4.15. The Morgan fingerprint density at radius 3 is 3.00 bits per heavy atom. The van der Waals surface area contributed by atoms with Gasteiger partial charge in [-0.2, -0.15) is 0 Å². The van der Waals surface area contributed by atoms with Crippen molar-refractivity contribution in [1.29, 1.82) is 0 Å². The molecule has 2 aliphatic rings. The number of piperidine rings is 2. The fourth-order valence-corrected chi connectivity index (χ4v) is 4.67. The van der Waals surface area contributed by atoms with Gasteiger partial charge in [0.15, 0.2) is 0 Å². The lowest BCUT2D eigenvalue weighted by atomic mass is 9.83. The van der Waals surface area contributed by atoms with Gasteiger partial charge in [-0.1, -0.05) is 0 Å². The number of rotatable bonds is 5. The summed E-state index contributed by atoms with van der Waals surface area (Å²) in [5.41, 5.74) is 2.24. The molecule has 0 unspecified atom stereocenters. The van der Waals surface area contributed by atoms with Crippen LogP contribution in [-0.2, 0) is 11.3 Å². The number of carbonyl (C=O) groups excluding carboxylic acids is 2. The molecule has 2 saturated heterocycles. The molecule has 26 heavy (non-hydrogen) atoms. The molecule has 4 rings (SSSR count). The summed E-state index contributed by atoms with van der Waals surface area (Å²) in [5.74, 6) is 0.654. The van der Waals surface area contributed by atoms with E-state index in [1.54, 1.807) is 17.1 Å². The maximum Gasteiger partial charge on any atom is 0.273 e. The maximum absolute atomic E-state index is 12.6. The second-order valence-corrected chi connectivity index (χ2v) is 7.74. The van der Waals surface area contributed by atoms with Crippen molar-refractivity contribution in [2.75, 3.05) is 19.6 Å². The van der Waals surface area contributed by atoms with Crippen LogP contribution < -0.4 is 0 Å². The highest BCUT2D eigenvalue weighted by atomic mass is 32.1. The van der Waals surface area contributed by atoms with Gasteiger partial charge in [-0.05, 0) is 25.2 Å². The molecule has 2 fully saturated rings. The Morgan fingerprint density at radius 1 is 1.31 bits per heavy atom. The minimum absolute atomic E-state index is 0.0215. The summed E-state index contributed by atoms with van der Waals surface area (Å²) in [6.07, 6.45) is 8.78. The van der Waals surface area contributed by atoms with E-state index in [1.807, 2.05) is 22.0 Å². The Balaban J connectivity index is 1.36. The fraction of sp³-hybridized carbons (Fsp3) is 0.556. The molecule has 2 aliphatic heterocycles. The van der Waals surface area contributed by atoms with Crippen LogP contribution in [0.2, 0.25) is 0 Å².